The maximum Gasteiger partial charge on any atom is 0.334 e. The van der Waals surface area contributed by atoms with Crippen LogP contribution in [0.3, 0.4) is 0 Å². The highest BCUT2D eigenvalue weighted by atomic mass is 79.9. The van der Waals surface area contributed by atoms with E-state index in [9.17, 15) is 9.59 Å². The van der Waals surface area contributed by atoms with Crippen LogP contribution < -0.4 is 5.32 Å². The Kier molecular flexibility index (Phi) is 7.61. The van der Waals surface area contributed by atoms with E-state index in [1.807, 2.05) is 115 Å². The van der Waals surface area contributed by atoms with Gasteiger partial charge >= 0.3 is 5.97 Å². The molecule has 0 fully saturated rings. The number of carbonyl (C=O) groups is 2. The predicted octanol–water partition coefficient (Wildman–Crippen LogP) is 8.56. The zero-order chi connectivity index (χ0) is 28.2. The lowest BCUT2D eigenvalue weighted by atomic mass is 9.92. The maximum absolute atomic E-state index is 14.2. The van der Waals surface area contributed by atoms with E-state index in [-0.39, 0.29) is 5.91 Å². The summed E-state index contributed by atoms with van der Waals surface area (Å²) in [5.41, 5.74) is 2.83. The molecule has 41 heavy (non-hydrogen) atoms. The third-order valence-electron chi connectivity index (χ3n) is 7.20. The molecule has 1 atom stereocenters. The van der Waals surface area contributed by atoms with Crippen molar-refractivity contribution in [3.63, 3.8) is 0 Å². The molecule has 5 heteroatoms. The Balaban J connectivity index is 1.45. The van der Waals surface area contributed by atoms with Crippen molar-refractivity contribution >= 4 is 49.4 Å². The minimum absolute atomic E-state index is 0.359. The lowest BCUT2D eigenvalue weighted by molar-refractivity contribution is -0.150. The van der Waals surface area contributed by atoms with Gasteiger partial charge in [-0.1, -0.05) is 131 Å². The van der Waals surface area contributed by atoms with Gasteiger partial charge in [0.05, 0.1) is 0 Å². The summed E-state index contributed by atoms with van der Waals surface area (Å²) in [6.45, 7) is 0. The van der Waals surface area contributed by atoms with Crippen LogP contribution >= 0.6 is 15.9 Å². The molecule has 6 aromatic rings. The number of rotatable bonds is 7. The van der Waals surface area contributed by atoms with E-state index in [0.717, 1.165) is 37.1 Å². The molecule has 0 aliphatic rings. The molecule has 0 bridgehead atoms. The first kappa shape index (κ1) is 26.5. The van der Waals surface area contributed by atoms with Gasteiger partial charge in [-0.05, 0) is 51.4 Å². The summed E-state index contributed by atoms with van der Waals surface area (Å²) in [6.07, 6.45) is -0.716. The van der Waals surface area contributed by atoms with E-state index >= 15 is 0 Å². The first-order valence-corrected chi connectivity index (χ1v) is 14.1. The normalized spacial score (nSPS) is 11.9. The largest absolute Gasteiger partial charge is 0.451 e. The molecular formula is C36H26BrNO3. The van der Waals surface area contributed by atoms with E-state index in [2.05, 4.69) is 21.2 Å². The zero-order valence-electron chi connectivity index (χ0n) is 22.0. The number of ether oxygens (including phenoxy) is 1. The molecular weight excluding hydrogens is 574 g/mol. The molecule has 4 nitrogen and oxygen atoms in total. The molecule has 200 valence electrons. The predicted molar refractivity (Wildman–Crippen MR) is 167 cm³/mol. The Bertz CT molecular complexity index is 1760. The molecule has 0 aliphatic carbocycles. The Hall–Kier alpha value is -4.74. The van der Waals surface area contributed by atoms with Crippen LogP contribution in [0.4, 0.5) is 0 Å². The van der Waals surface area contributed by atoms with Gasteiger partial charge in [0.2, 0.25) is 0 Å². The molecule has 0 aliphatic heterocycles. The summed E-state index contributed by atoms with van der Waals surface area (Å²) in [5.74, 6) is -0.912. The molecule has 0 aromatic heterocycles. The SMILES string of the molecule is O=C(N[C@H](C(=O)OC(c1cccc2ccccc12)c1cccc2ccccc12)c1ccc(Br)cc1)c1ccccc1. The van der Waals surface area contributed by atoms with Crippen molar-refractivity contribution in [1.82, 2.24) is 5.32 Å². The van der Waals surface area contributed by atoms with Crippen LogP contribution in [0.25, 0.3) is 21.5 Å². The van der Waals surface area contributed by atoms with Gasteiger partial charge in [0.25, 0.3) is 5.91 Å². The van der Waals surface area contributed by atoms with Gasteiger partial charge in [-0.15, -0.1) is 0 Å². The van der Waals surface area contributed by atoms with Crippen LogP contribution in [0.2, 0.25) is 0 Å². The lowest BCUT2D eigenvalue weighted by Crippen LogP contribution is -2.35. The number of carbonyl (C=O) groups excluding carboxylic acids is 2. The van der Waals surface area contributed by atoms with Crippen molar-refractivity contribution in [2.45, 2.75) is 12.1 Å². The Morgan fingerprint density at radius 1 is 0.585 bits per heavy atom. The van der Waals surface area contributed by atoms with Crippen molar-refractivity contribution in [2.75, 3.05) is 0 Å². The third-order valence-corrected chi connectivity index (χ3v) is 7.72. The monoisotopic (exact) mass is 599 g/mol. The summed E-state index contributed by atoms with van der Waals surface area (Å²) in [4.78, 5) is 27.4. The Morgan fingerprint density at radius 2 is 1.10 bits per heavy atom. The van der Waals surface area contributed by atoms with Crippen molar-refractivity contribution in [2.24, 2.45) is 0 Å². The fourth-order valence-electron chi connectivity index (χ4n) is 5.17. The molecule has 0 unspecified atom stereocenters. The van der Waals surface area contributed by atoms with Crippen LogP contribution in [0.15, 0.2) is 144 Å². The number of halogens is 1. The fourth-order valence-corrected chi connectivity index (χ4v) is 5.44. The smallest absolute Gasteiger partial charge is 0.334 e. The van der Waals surface area contributed by atoms with Crippen molar-refractivity contribution in [1.29, 1.82) is 0 Å². The van der Waals surface area contributed by atoms with E-state index in [1.165, 1.54) is 0 Å². The summed E-state index contributed by atoms with van der Waals surface area (Å²) < 4.78 is 7.32. The van der Waals surface area contributed by atoms with Gasteiger partial charge in [-0.25, -0.2) is 4.79 Å². The second kappa shape index (κ2) is 11.8. The number of hydrogen-bond donors (Lipinski definition) is 1. The number of amides is 1. The van der Waals surface area contributed by atoms with Gasteiger partial charge in [0, 0.05) is 21.2 Å². The summed E-state index contributed by atoms with van der Waals surface area (Å²) in [5, 5.41) is 7.01. The fraction of sp³-hybridized carbons (Fsp3) is 0.0556. The van der Waals surface area contributed by atoms with Gasteiger partial charge in [-0.3, -0.25) is 4.79 Å². The Morgan fingerprint density at radius 3 is 1.68 bits per heavy atom. The van der Waals surface area contributed by atoms with E-state index in [4.69, 9.17) is 4.74 Å². The number of esters is 1. The molecule has 0 spiro atoms. The van der Waals surface area contributed by atoms with E-state index in [1.54, 1.807) is 24.3 Å². The molecule has 0 heterocycles. The molecule has 1 N–H and O–H groups in total. The first-order valence-electron chi connectivity index (χ1n) is 13.4. The van der Waals surface area contributed by atoms with Crippen LogP contribution in [0.1, 0.15) is 39.2 Å². The molecule has 0 radical (unpaired) electrons. The third kappa shape index (κ3) is 5.63. The van der Waals surface area contributed by atoms with Gasteiger partial charge in [-0.2, -0.15) is 0 Å². The maximum atomic E-state index is 14.2. The summed E-state index contributed by atoms with van der Waals surface area (Å²) >= 11 is 3.46. The first-order chi connectivity index (χ1) is 20.1. The molecule has 0 saturated carbocycles. The van der Waals surface area contributed by atoms with Crippen molar-refractivity contribution in [3.05, 3.63) is 166 Å². The van der Waals surface area contributed by atoms with Crippen molar-refractivity contribution < 1.29 is 14.3 Å². The van der Waals surface area contributed by atoms with Crippen LogP contribution in [-0.2, 0) is 9.53 Å². The quantitative estimate of drug-likeness (QED) is 0.187. The highest BCUT2D eigenvalue weighted by Gasteiger charge is 2.30. The van der Waals surface area contributed by atoms with Gasteiger partial charge < -0.3 is 10.1 Å². The minimum atomic E-state index is -1.02. The zero-order valence-corrected chi connectivity index (χ0v) is 23.6. The highest BCUT2D eigenvalue weighted by Crippen LogP contribution is 2.37. The lowest BCUT2D eigenvalue weighted by Gasteiger charge is -2.25. The minimum Gasteiger partial charge on any atom is -0.451 e. The topological polar surface area (TPSA) is 55.4 Å². The van der Waals surface area contributed by atoms with Gasteiger partial charge in [0.1, 0.15) is 0 Å². The number of fused-ring (bicyclic) bond motifs is 2. The average Bonchev–Trinajstić information content (AvgIpc) is 3.03. The molecule has 0 saturated heterocycles. The second-order valence-corrected chi connectivity index (χ2v) is 10.7. The number of hydrogen-bond acceptors (Lipinski definition) is 3. The van der Waals surface area contributed by atoms with E-state index in [0.29, 0.717) is 11.1 Å². The summed E-state index contributed by atoms with van der Waals surface area (Å²) in [7, 11) is 0. The summed E-state index contributed by atoms with van der Waals surface area (Å²) in [6, 6.07) is 43.3. The highest BCUT2D eigenvalue weighted by molar-refractivity contribution is 9.10. The van der Waals surface area contributed by atoms with Gasteiger partial charge in [0.15, 0.2) is 12.1 Å². The average molecular weight is 601 g/mol. The molecule has 6 rings (SSSR count). The molecule has 6 aromatic carbocycles. The Labute approximate surface area is 246 Å². The number of benzene rings is 6. The molecule has 1 amide bonds. The number of nitrogens with one attached hydrogen (secondary N) is 1. The van der Waals surface area contributed by atoms with Crippen LogP contribution in [-0.4, -0.2) is 11.9 Å². The van der Waals surface area contributed by atoms with Crippen molar-refractivity contribution in [3.8, 4) is 0 Å². The van der Waals surface area contributed by atoms with Crippen LogP contribution in [0, 0.1) is 0 Å². The second-order valence-electron chi connectivity index (χ2n) is 9.78. The standard InChI is InChI=1S/C36H26BrNO3/c37-28-22-20-26(21-23-28)33(38-35(39)27-12-2-1-3-13-27)36(40)41-34(31-18-8-14-24-10-4-6-16-29(24)31)32-19-9-15-25-11-5-7-17-30(25)32/h1-23,33-34H,(H,38,39)/t33-/m0/s1. The van der Waals surface area contributed by atoms with E-state index < -0.39 is 18.1 Å². The van der Waals surface area contributed by atoms with Crippen LogP contribution in [0.5, 0.6) is 0 Å².